The number of likely N-dealkylation sites (N-methyl/N-ethyl adjacent to an activating group) is 1. The molecule has 0 saturated carbocycles. The van der Waals surface area contributed by atoms with Gasteiger partial charge in [0.25, 0.3) is 0 Å². The van der Waals surface area contributed by atoms with E-state index in [0.29, 0.717) is 13.1 Å². The fourth-order valence-electron chi connectivity index (χ4n) is 2.86. The van der Waals surface area contributed by atoms with Crippen LogP contribution in [0.3, 0.4) is 0 Å². The summed E-state index contributed by atoms with van der Waals surface area (Å²) in [6.45, 7) is 1.26. The Balaban J connectivity index is 1.73. The highest BCUT2D eigenvalue weighted by Gasteiger charge is 2.28. The van der Waals surface area contributed by atoms with E-state index < -0.39 is 0 Å². The van der Waals surface area contributed by atoms with E-state index >= 15 is 0 Å². The molecule has 2 rings (SSSR count). The van der Waals surface area contributed by atoms with Crippen molar-refractivity contribution in [3.8, 4) is 0 Å². The molecule has 0 spiro atoms. The van der Waals surface area contributed by atoms with Crippen molar-refractivity contribution in [1.29, 1.82) is 0 Å². The van der Waals surface area contributed by atoms with Gasteiger partial charge in [-0.25, -0.2) is 0 Å². The molecule has 5 heteroatoms. The van der Waals surface area contributed by atoms with Gasteiger partial charge in [-0.3, -0.25) is 9.59 Å². The SMILES string of the molecule is CN(CCc1ccccc1)C(=O)CCC(=O)N1CCC[C@H]1C=O. The Morgan fingerprint density at radius 1 is 1.26 bits per heavy atom. The molecule has 0 bridgehead atoms. The molecule has 1 aromatic carbocycles. The van der Waals surface area contributed by atoms with Crippen molar-refractivity contribution in [2.45, 2.75) is 38.1 Å². The molecule has 124 valence electrons. The first-order valence-electron chi connectivity index (χ1n) is 8.14. The van der Waals surface area contributed by atoms with Gasteiger partial charge in [0.2, 0.25) is 11.8 Å². The van der Waals surface area contributed by atoms with E-state index in [-0.39, 0.29) is 30.7 Å². The summed E-state index contributed by atoms with van der Waals surface area (Å²) in [5.74, 6) is -0.124. The van der Waals surface area contributed by atoms with E-state index in [1.807, 2.05) is 30.3 Å². The summed E-state index contributed by atoms with van der Waals surface area (Å²) in [5, 5.41) is 0. The highest BCUT2D eigenvalue weighted by atomic mass is 16.2. The molecule has 1 aromatic rings. The zero-order valence-electron chi connectivity index (χ0n) is 13.6. The monoisotopic (exact) mass is 316 g/mol. The molecule has 1 heterocycles. The number of aldehydes is 1. The van der Waals surface area contributed by atoms with E-state index in [0.717, 1.165) is 25.5 Å². The number of nitrogens with zero attached hydrogens (tertiary/aromatic N) is 2. The molecule has 0 aliphatic carbocycles. The van der Waals surface area contributed by atoms with Crippen LogP contribution in [0, 0.1) is 0 Å². The highest BCUT2D eigenvalue weighted by molar-refractivity contribution is 5.85. The minimum atomic E-state index is -0.298. The van der Waals surface area contributed by atoms with Crippen molar-refractivity contribution >= 4 is 18.1 Å². The average Bonchev–Trinajstić information content (AvgIpc) is 3.06. The minimum absolute atomic E-state index is 0.0314. The van der Waals surface area contributed by atoms with Crippen molar-refractivity contribution in [2.75, 3.05) is 20.1 Å². The lowest BCUT2D eigenvalue weighted by atomic mass is 10.1. The van der Waals surface area contributed by atoms with Crippen molar-refractivity contribution in [3.05, 3.63) is 35.9 Å². The second-order valence-electron chi connectivity index (χ2n) is 5.98. The van der Waals surface area contributed by atoms with Crippen molar-refractivity contribution in [1.82, 2.24) is 9.80 Å². The number of amides is 2. The lowest BCUT2D eigenvalue weighted by molar-refractivity contribution is -0.138. The fourth-order valence-corrected chi connectivity index (χ4v) is 2.86. The Morgan fingerprint density at radius 3 is 2.70 bits per heavy atom. The molecule has 2 amide bonds. The third-order valence-electron chi connectivity index (χ3n) is 4.33. The largest absolute Gasteiger partial charge is 0.345 e. The molecule has 1 aliphatic rings. The Bertz CT molecular complexity index is 544. The standard InChI is InChI=1S/C18H24N2O3/c1-19(13-11-15-6-3-2-4-7-15)17(22)9-10-18(23)20-12-5-8-16(20)14-21/h2-4,6-7,14,16H,5,8-13H2,1H3/t16-/m0/s1. The predicted octanol–water partition coefficient (Wildman–Crippen LogP) is 1.66. The first-order chi connectivity index (χ1) is 11.1. The van der Waals surface area contributed by atoms with E-state index in [4.69, 9.17) is 0 Å². The summed E-state index contributed by atoms with van der Waals surface area (Å²) in [6.07, 6.45) is 3.61. The van der Waals surface area contributed by atoms with E-state index in [1.54, 1.807) is 16.8 Å². The van der Waals surface area contributed by atoms with Gasteiger partial charge in [-0.1, -0.05) is 30.3 Å². The summed E-state index contributed by atoms with van der Waals surface area (Å²) in [5.41, 5.74) is 1.19. The van der Waals surface area contributed by atoms with Gasteiger partial charge in [0.1, 0.15) is 6.29 Å². The summed E-state index contributed by atoms with van der Waals surface area (Å²) < 4.78 is 0. The Labute approximate surface area is 137 Å². The van der Waals surface area contributed by atoms with Crippen LogP contribution in [0.15, 0.2) is 30.3 Å². The number of carbonyl (C=O) groups excluding carboxylic acids is 3. The first kappa shape index (κ1) is 17.2. The molecule has 1 aliphatic heterocycles. The normalized spacial score (nSPS) is 17.1. The second-order valence-corrected chi connectivity index (χ2v) is 5.98. The number of carbonyl (C=O) groups is 3. The van der Waals surface area contributed by atoms with Gasteiger partial charge >= 0.3 is 0 Å². The van der Waals surface area contributed by atoms with Crippen molar-refractivity contribution < 1.29 is 14.4 Å². The van der Waals surface area contributed by atoms with E-state index in [2.05, 4.69) is 0 Å². The molecule has 0 N–H and O–H groups in total. The molecule has 1 saturated heterocycles. The molecular formula is C18H24N2O3. The van der Waals surface area contributed by atoms with Crippen molar-refractivity contribution in [2.24, 2.45) is 0 Å². The van der Waals surface area contributed by atoms with E-state index in [1.165, 1.54) is 5.56 Å². The van der Waals surface area contributed by atoms with Gasteiger partial charge in [0, 0.05) is 33.0 Å². The summed E-state index contributed by atoms with van der Waals surface area (Å²) in [4.78, 5) is 38.4. The fraction of sp³-hybridized carbons (Fsp3) is 0.500. The van der Waals surface area contributed by atoms with Gasteiger partial charge in [0.05, 0.1) is 6.04 Å². The van der Waals surface area contributed by atoms with Gasteiger partial charge in [0.15, 0.2) is 0 Å². The summed E-state index contributed by atoms with van der Waals surface area (Å²) >= 11 is 0. The quantitative estimate of drug-likeness (QED) is 0.719. The Morgan fingerprint density at radius 2 is 2.00 bits per heavy atom. The van der Waals surface area contributed by atoms with Crippen LogP contribution in [0.1, 0.15) is 31.2 Å². The topological polar surface area (TPSA) is 57.7 Å². The number of benzene rings is 1. The number of hydrogen-bond acceptors (Lipinski definition) is 3. The predicted molar refractivity (Wildman–Crippen MR) is 87.8 cm³/mol. The maximum Gasteiger partial charge on any atom is 0.223 e. The number of likely N-dealkylation sites (tertiary alicyclic amines) is 1. The molecule has 1 fully saturated rings. The highest BCUT2D eigenvalue weighted by Crippen LogP contribution is 2.17. The Hall–Kier alpha value is -2.17. The maximum atomic E-state index is 12.1. The molecule has 5 nitrogen and oxygen atoms in total. The van der Waals surface area contributed by atoms with Crippen LogP contribution in [0.25, 0.3) is 0 Å². The van der Waals surface area contributed by atoms with Crippen LogP contribution in [0.4, 0.5) is 0 Å². The second kappa shape index (κ2) is 8.46. The maximum absolute atomic E-state index is 12.1. The molecule has 23 heavy (non-hydrogen) atoms. The third kappa shape index (κ3) is 4.91. The molecule has 0 aromatic heterocycles. The van der Waals surface area contributed by atoms with Crippen LogP contribution >= 0.6 is 0 Å². The smallest absolute Gasteiger partial charge is 0.223 e. The van der Waals surface area contributed by atoms with E-state index in [9.17, 15) is 14.4 Å². The van der Waals surface area contributed by atoms with Crippen LogP contribution < -0.4 is 0 Å². The summed E-state index contributed by atoms with van der Waals surface area (Å²) in [6, 6.07) is 9.71. The number of hydrogen-bond donors (Lipinski definition) is 0. The number of rotatable bonds is 7. The van der Waals surface area contributed by atoms with Crippen LogP contribution in [0.2, 0.25) is 0 Å². The minimum Gasteiger partial charge on any atom is -0.345 e. The average molecular weight is 316 g/mol. The molecule has 1 atom stereocenters. The molecule has 0 radical (unpaired) electrons. The van der Waals surface area contributed by atoms with Gasteiger partial charge in [-0.15, -0.1) is 0 Å². The van der Waals surface area contributed by atoms with Crippen molar-refractivity contribution in [3.63, 3.8) is 0 Å². The zero-order chi connectivity index (χ0) is 16.7. The van der Waals surface area contributed by atoms with Crippen LogP contribution in [-0.4, -0.2) is 54.1 Å². The van der Waals surface area contributed by atoms with Crippen LogP contribution in [0.5, 0.6) is 0 Å². The first-order valence-corrected chi connectivity index (χ1v) is 8.14. The Kier molecular flexibility index (Phi) is 6.32. The van der Waals surface area contributed by atoms with Gasteiger partial charge in [-0.2, -0.15) is 0 Å². The van der Waals surface area contributed by atoms with Gasteiger partial charge < -0.3 is 14.6 Å². The summed E-state index contributed by atoms with van der Waals surface area (Å²) in [7, 11) is 1.76. The molecular weight excluding hydrogens is 292 g/mol. The van der Waals surface area contributed by atoms with Gasteiger partial charge in [-0.05, 0) is 24.8 Å². The molecule has 0 unspecified atom stereocenters. The lowest BCUT2D eigenvalue weighted by Gasteiger charge is -2.21. The third-order valence-corrected chi connectivity index (χ3v) is 4.33. The van der Waals surface area contributed by atoms with Crippen LogP contribution in [-0.2, 0) is 20.8 Å². The lowest BCUT2D eigenvalue weighted by Crippen LogP contribution is -2.37. The zero-order valence-corrected chi connectivity index (χ0v) is 13.6.